The Morgan fingerprint density at radius 1 is 1.21 bits per heavy atom. The first-order valence-electron chi connectivity index (χ1n) is 11.8. The van der Waals surface area contributed by atoms with E-state index in [1.54, 1.807) is 28.9 Å². The van der Waals surface area contributed by atoms with E-state index in [-0.39, 0.29) is 43.9 Å². The van der Waals surface area contributed by atoms with Crippen molar-refractivity contribution < 1.29 is 33.1 Å². The van der Waals surface area contributed by atoms with Gasteiger partial charge in [0.1, 0.15) is 23.9 Å². The molecule has 33 heavy (non-hydrogen) atoms. The van der Waals surface area contributed by atoms with Crippen LogP contribution in [0.4, 0.5) is 0 Å². The van der Waals surface area contributed by atoms with Crippen molar-refractivity contribution in [3.8, 4) is 0 Å². The summed E-state index contributed by atoms with van der Waals surface area (Å²) in [6, 6.07) is 2.79. The minimum absolute atomic E-state index is 0.0939. The van der Waals surface area contributed by atoms with Crippen molar-refractivity contribution in [2.24, 2.45) is 11.8 Å². The second kappa shape index (κ2) is 9.57. The summed E-state index contributed by atoms with van der Waals surface area (Å²) in [4.78, 5) is 55.4. The molecule has 0 bridgehead atoms. The van der Waals surface area contributed by atoms with E-state index in [4.69, 9.17) is 13.9 Å². The maximum absolute atomic E-state index is 14.1. The monoisotopic (exact) mass is 460 g/mol. The summed E-state index contributed by atoms with van der Waals surface area (Å²) < 4.78 is 16.1. The lowest BCUT2D eigenvalue weighted by Gasteiger charge is -2.41. The van der Waals surface area contributed by atoms with E-state index in [1.807, 2.05) is 0 Å². The van der Waals surface area contributed by atoms with Gasteiger partial charge in [0.15, 0.2) is 0 Å². The highest BCUT2D eigenvalue weighted by molar-refractivity contribution is 5.95. The van der Waals surface area contributed by atoms with E-state index in [0.717, 1.165) is 25.7 Å². The molecule has 1 aromatic rings. The van der Waals surface area contributed by atoms with Crippen molar-refractivity contribution in [1.82, 2.24) is 9.80 Å². The van der Waals surface area contributed by atoms with Crippen LogP contribution in [0.5, 0.6) is 0 Å². The second-order valence-electron chi connectivity index (χ2n) is 9.13. The molecule has 0 unspecified atom stereocenters. The first-order chi connectivity index (χ1) is 15.9. The summed E-state index contributed by atoms with van der Waals surface area (Å²) >= 11 is 0. The van der Waals surface area contributed by atoms with Gasteiger partial charge in [-0.2, -0.15) is 0 Å². The van der Waals surface area contributed by atoms with Crippen molar-refractivity contribution in [2.45, 2.75) is 64.0 Å². The van der Waals surface area contributed by atoms with E-state index in [2.05, 4.69) is 0 Å². The van der Waals surface area contributed by atoms with Crippen LogP contribution in [0.3, 0.4) is 0 Å². The zero-order valence-electron chi connectivity index (χ0n) is 19.3. The fourth-order valence-electron chi connectivity index (χ4n) is 5.29. The summed E-state index contributed by atoms with van der Waals surface area (Å²) in [7, 11) is 0. The Kier molecular flexibility index (Phi) is 6.76. The molecule has 3 atom stereocenters. The molecule has 3 heterocycles. The van der Waals surface area contributed by atoms with Gasteiger partial charge in [0.2, 0.25) is 11.8 Å². The lowest BCUT2D eigenvalue weighted by Crippen LogP contribution is -2.58. The summed E-state index contributed by atoms with van der Waals surface area (Å²) in [6.07, 6.45) is 5.26. The van der Waals surface area contributed by atoms with Gasteiger partial charge in [0.25, 0.3) is 0 Å². The number of rotatable bonds is 7. The fraction of sp³-hybridized carbons (Fsp3) is 0.667. The van der Waals surface area contributed by atoms with Gasteiger partial charge in [-0.3, -0.25) is 19.2 Å². The molecule has 0 radical (unpaired) electrons. The number of nitrogens with zero attached hydrogens (tertiary/aromatic N) is 2. The Labute approximate surface area is 193 Å². The number of hydrogen-bond donors (Lipinski definition) is 0. The maximum atomic E-state index is 14.1. The standard InChI is InChI=1S/C24H32N2O7/c1-3-31-22(29)18-15-24(10-4-5-11-25(23(24)30)12-14-32-16(2)27)26(21(28)17-8-9-17)20(18)19-7-6-13-33-19/h6-7,13,17-18,20H,3-5,8-12,14-15H2,1-2H3/t18-,20+,24-/m0/s1. The van der Waals surface area contributed by atoms with Crippen LogP contribution in [0, 0.1) is 11.8 Å². The molecule has 2 aliphatic heterocycles. The maximum Gasteiger partial charge on any atom is 0.311 e. The Balaban J connectivity index is 1.74. The largest absolute Gasteiger partial charge is 0.467 e. The van der Waals surface area contributed by atoms with Crippen molar-refractivity contribution in [3.05, 3.63) is 24.2 Å². The van der Waals surface area contributed by atoms with Crippen LogP contribution in [-0.4, -0.2) is 65.4 Å². The fourth-order valence-corrected chi connectivity index (χ4v) is 5.29. The Bertz CT molecular complexity index is 895. The molecule has 3 aliphatic rings. The highest BCUT2D eigenvalue weighted by Crippen LogP contribution is 2.53. The van der Waals surface area contributed by atoms with Crippen LogP contribution in [0.15, 0.2) is 22.8 Å². The molecule has 1 saturated carbocycles. The molecule has 9 heteroatoms. The van der Waals surface area contributed by atoms with Crippen LogP contribution in [0.1, 0.15) is 64.2 Å². The number of esters is 2. The van der Waals surface area contributed by atoms with E-state index < -0.39 is 29.4 Å². The van der Waals surface area contributed by atoms with Gasteiger partial charge in [-0.25, -0.2) is 0 Å². The number of likely N-dealkylation sites (tertiary alicyclic amines) is 2. The number of furan rings is 1. The Morgan fingerprint density at radius 2 is 2.00 bits per heavy atom. The molecule has 1 spiro atoms. The summed E-state index contributed by atoms with van der Waals surface area (Å²) in [5.41, 5.74) is -1.15. The summed E-state index contributed by atoms with van der Waals surface area (Å²) in [5.74, 6) is -1.46. The topological polar surface area (TPSA) is 106 Å². The number of carbonyl (C=O) groups excluding carboxylic acids is 4. The Morgan fingerprint density at radius 3 is 2.64 bits per heavy atom. The molecule has 4 rings (SSSR count). The van der Waals surface area contributed by atoms with Crippen molar-refractivity contribution in [2.75, 3.05) is 26.3 Å². The average Bonchev–Trinajstić information content (AvgIpc) is 3.41. The summed E-state index contributed by atoms with van der Waals surface area (Å²) in [6.45, 7) is 4.15. The third kappa shape index (κ3) is 4.50. The van der Waals surface area contributed by atoms with E-state index in [0.29, 0.717) is 18.7 Å². The van der Waals surface area contributed by atoms with Gasteiger partial charge < -0.3 is 23.7 Å². The molecule has 1 aliphatic carbocycles. The molecule has 9 nitrogen and oxygen atoms in total. The molecule has 1 aromatic heterocycles. The number of hydrogen-bond acceptors (Lipinski definition) is 7. The quantitative estimate of drug-likeness (QED) is 0.576. The molecule has 0 N–H and O–H groups in total. The predicted octanol–water partition coefficient (Wildman–Crippen LogP) is 2.46. The highest BCUT2D eigenvalue weighted by atomic mass is 16.5. The normalized spacial score (nSPS) is 27.5. The molecule has 2 saturated heterocycles. The first-order valence-corrected chi connectivity index (χ1v) is 11.8. The molecular weight excluding hydrogens is 428 g/mol. The molecule has 0 aromatic carbocycles. The van der Waals surface area contributed by atoms with Gasteiger partial charge in [0, 0.05) is 19.4 Å². The number of ether oxygens (including phenoxy) is 2. The number of amides is 2. The van der Waals surface area contributed by atoms with Gasteiger partial charge in [-0.1, -0.05) is 0 Å². The van der Waals surface area contributed by atoms with Gasteiger partial charge in [-0.15, -0.1) is 0 Å². The van der Waals surface area contributed by atoms with Crippen LogP contribution in [-0.2, 0) is 28.7 Å². The molecule has 3 fully saturated rings. The zero-order chi connectivity index (χ0) is 23.6. The third-order valence-electron chi connectivity index (χ3n) is 6.89. The van der Waals surface area contributed by atoms with Crippen LogP contribution in [0.25, 0.3) is 0 Å². The lowest BCUT2D eigenvalue weighted by molar-refractivity contribution is -0.156. The summed E-state index contributed by atoms with van der Waals surface area (Å²) in [5, 5.41) is 0. The average molecular weight is 461 g/mol. The van der Waals surface area contributed by atoms with E-state index in [9.17, 15) is 19.2 Å². The first kappa shape index (κ1) is 23.3. The van der Waals surface area contributed by atoms with Crippen molar-refractivity contribution in [1.29, 1.82) is 0 Å². The van der Waals surface area contributed by atoms with Crippen molar-refractivity contribution >= 4 is 23.8 Å². The van der Waals surface area contributed by atoms with Crippen molar-refractivity contribution in [3.63, 3.8) is 0 Å². The minimum atomic E-state index is -1.15. The predicted molar refractivity (Wildman–Crippen MR) is 116 cm³/mol. The van der Waals surface area contributed by atoms with Crippen LogP contribution < -0.4 is 0 Å². The minimum Gasteiger partial charge on any atom is -0.467 e. The smallest absolute Gasteiger partial charge is 0.311 e. The molecule has 180 valence electrons. The number of carbonyl (C=O) groups is 4. The van der Waals surface area contributed by atoms with Gasteiger partial charge >= 0.3 is 11.9 Å². The van der Waals surface area contributed by atoms with Crippen LogP contribution in [0.2, 0.25) is 0 Å². The zero-order valence-corrected chi connectivity index (χ0v) is 19.3. The van der Waals surface area contributed by atoms with Gasteiger partial charge in [0.05, 0.1) is 25.3 Å². The third-order valence-corrected chi connectivity index (χ3v) is 6.89. The Hall–Kier alpha value is -2.84. The van der Waals surface area contributed by atoms with E-state index >= 15 is 0 Å². The lowest BCUT2D eigenvalue weighted by atomic mass is 9.85. The van der Waals surface area contributed by atoms with Crippen LogP contribution >= 0.6 is 0 Å². The van der Waals surface area contributed by atoms with E-state index in [1.165, 1.54) is 13.2 Å². The second-order valence-corrected chi connectivity index (χ2v) is 9.13. The molecular formula is C24H32N2O7. The van der Waals surface area contributed by atoms with Gasteiger partial charge in [-0.05, 0) is 57.6 Å². The highest BCUT2D eigenvalue weighted by Gasteiger charge is 2.63. The SMILES string of the molecule is CCOC(=O)[C@H]1C[C@]2(CCCCN(CCOC(C)=O)C2=O)N(C(=O)C2CC2)[C@H]1c1ccco1. The molecule has 2 amide bonds.